The molecule has 0 aliphatic carbocycles. The molecule has 0 bridgehead atoms. The Bertz CT molecular complexity index is 2080. The lowest BCUT2D eigenvalue weighted by Gasteiger charge is -2.10. The molecule has 4 heterocycles. The summed E-state index contributed by atoms with van der Waals surface area (Å²) in [4.78, 5) is 9.52. The van der Waals surface area contributed by atoms with Gasteiger partial charge in [-0.05, 0) is 24.3 Å². The van der Waals surface area contributed by atoms with E-state index in [9.17, 15) is 0 Å². The average molecular weight is 452 g/mol. The zero-order valence-corrected chi connectivity index (χ0v) is 18.9. The fourth-order valence-electron chi connectivity index (χ4n) is 5.35. The second-order valence-corrected chi connectivity index (χ2v) is 9.75. The Balaban J connectivity index is 1.54. The molecule has 4 aromatic carbocycles. The van der Waals surface area contributed by atoms with E-state index in [0.29, 0.717) is 0 Å². The second kappa shape index (κ2) is 6.62. The number of pyridine rings is 2. The Morgan fingerprint density at radius 1 is 0.618 bits per heavy atom. The lowest BCUT2D eigenvalue weighted by atomic mass is 10.1. The number of hydrogen-bond acceptors (Lipinski definition) is 3. The van der Waals surface area contributed by atoms with Gasteiger partial charge >= 0.3 is 0 Å². The monoisotopic (exact) mass is 451 g/mol. The highest BCUT2D eigenvalue weighted by molar-refractivity contribution is 7.26. The van der Waals surface area contributed by atoms with Gasteiger partial charge in [-0.1, -0.05) is 66.7 Å². The number of hydrogen-bond donors (Lipinski definition) is 0. The van der Waals surface area contributed by atoms with Crippen LogP contribution < -0.4 is 0 Å². The summed E-state index contributed by atoms with van der Waals surface area (Å²) in [5.74, 6) is 0. The van der Waals surface area contributed by atoms with Gasteiger partial charge in [0.25, 0.3) is 0 Å². The van der Waals surface area contributed by atoms with Crippen LogP contribution in [0.4, 0.5) is 0 Å². The van der Waals surface area contributed by atoms with Gasteiger partial charge < -0.3 is 4.57 Å². The van der Waals surface area contributed by atoms with E-state index in [2.05, 4.69) is 94.5 Å². The number of fused-ring (bicyclic) bond motifs is 10. The van der Waals surface area contributed by atoms with Crippen molar-refractivity contribution in [1.82, 2.24) is 14.5 Å². The minimum atomic E-state index is 0.939. The lowest BCUT2D eigenvalue weighted by Crippen LogP contribution is -1.96. The van der Waals surface area contributed by atoms with Gasteiger partial charge in [-0.2, -0.15) is 0 Å². The maximum atomic E-state index is 4.92. The van der Waals surface area contributed by atoms with Gasteiger partial charge in [0.05, 0.1) is 38.7 Å². The molecule has 0 aliphatic heterocycles. The number of rotatable bonds is 1. The maximum absolute atomic E-state index is 4.92. The van der Waals surface area contributed by atoms with Crippen LogP contribution in [-0.4, -0.2) is 14.5 Å². The number of para-hydroxylation sites is 1. The van der Waals surface area contributed by atoms with Crippen LogP contribution in [0.5, 0.6) is 0 Å². The molecular weight excluding hydrogens is 434 g/mol. The van der Waals surface area contributed by atoms with Crippen LogP contribution in [0.1, 0.15) is 0 Å². The summed E-state index contributed by atoms with van der Waals surface area (Å²) in [6, 6.07) is 32.5. The van der Waals surface area contributed by atoms with E-state index >= 15 is 0 Å². The van der Waals surface area contributed by atoms with Crippen molar-refractivity contribution in [3.05, 3.63) is 103 Å². The molecule has 0 N–H and O–H groups in total. The first kappa shape index (κ1) is 18.2. The minimum Gasteiger partial charge on any atom is -0.306 e. The van der Waals surface area contributed by atoms with Crippen LogP contribution in [0.2, 0.25) is 0 Å². The molecule has 3 nitrogen and oxygen atoms in total. The third-order valence-electron chi connectivity index (χ3n) is 6.85. The molecule has 0 saturated carbocycles. The average Bonchev–Trinajstić information content (AvgIpc) is 3.44. The third kappa shape index (κ3) is 2.35. The summed E-state index contributed by atoms with van der Waals surface area (Å²) >= 11 is 1.87. The Morgan fingerprint density at radius 3 is 2.38 bits per heavy atom. The third-order valence-corrected chi connectivity index (χ3v) is 8.04. The molecule has 0 amide bonds. The summed E-state index contributed by atoms with van der Waals surface area (Å²) in [6.07, 6.45) is 3.83. The van der Waals surface area contributed by atoms with E-state index < -0.39 is 0 Å². The van der Waals surface area contributed by atoms with Crippen molar-refractivity contribution in [3.63, 3.8) is 0 Å². The molecular formula is C30H17N3S. The minimum absolute atomic E-state index is 0.939. The highest BCUT2D eigenvalue weighted by Crippen LogP contribution is 2.43. The molecule has 8 rings (SSSR count). The summed E-state index contributed by atoms with van der Waals surface area (Å²) < 4.78 is 5.02. The van der Waals surface area contributed by atoms with Crippen molar-refractivity contribution in [2.24, 2.45) is 0 Å². The second-order valence-electron chi connectivity index (χ2n) is 8.70. The van der Waals surface area contributed by atoms with E-state index in [4.69, 9.17) is 4.98 Å². The van der Waals surface area contributed by atoms with Gasteiger partial charge in [0.15, 0.2) is 0 Å². The van der Waals surface area contributed by atoms with Crippen LogP contribution in [0.25, 0.3) is 69.5 Å². The molecule has 0 unspecified atom stereocenters. The fourth-order valence-corrected chi connectivity index (χ4v) is 6.59. The first-order valence-electron chi connectivity index (χ1n) is 11.3. The highest BCUT2D eigenvalue weighted by atomic mass is 32.1. The highest BCUT2D eigenvalue weighted by Gasteiger charge is 2.18. The molecule has 0 fully saturated rings. The predicted molar refractivity (Wildman–Crippen MR) is 144 cm³/mol. The van der Waals surface area contributed by atoms with E-state index in [0.717, 1.165) is 27.5 Å². The van der Waals surface area contributed by atoms with Gasteiger partial charge in [-0.15, -0.1) is 11.3 Å². The Labute approximate surface area is 198 Å². The van der Waals surface area contributed by atoms with Gasteiger partial charge in [0.2, 0.25) is 0 Å². The molecule has 8 aromatic rings. The Kier molecular flexibility index (Phi) is 3.54. The van der Waals surface area contributed by atoms with Crippen molar-refractivity contribution in [2.45, 2.75) is 0 Å². The predicted octanol–water partition coefficient (Wildman–Crippen LogP) is 8.25. The maximum Gasteiger partial charge on any atom is 0.0966 e. The van der Waals surface area contributed by atoms with Crippen molar-refractivity contribution < 1.29 is 0 Å². The smallest absolute Gasteiger partial charge is 0.0966 e. The van der Waals surface area contributed by atoms with E-state index in [1.165, 1.54) is 42.0 Å². The molecule has 0 saturated heterocycles. The Morgan fingerprint density at radius 2 is 1.41 bits per heavy atom. The SMILES string of the molecule is c1cnc2c(c1)ccc1cc(-n3c4ccccc4c4ccc5c6ccccc6sc5c43)cnc12. The molecule has 4 heteroatoms. The standard InChI is InChI=1S/C30H17N3S/c1-3-9-25-21(7-1)23-13-14-24-22-8-2-4-10-26(22)34-30(24)29(23)33(25)20-16-19-12-11-18-6-5-15-31-27(18)28(19)32-17-20/h1-17H. The summed E-state index contributed by atoms with van der Waals surface area (Å²) in [5.41, 5.74) is 5.40. The van der Waals surface area contributed by atoms with Crippen molar-refractivity contribution in [1.29, 1.82) is 0 Å². The molecule has 34 heavy (non-hydrogen) atoms. The van der Waals surface area contributed by atoms with Crippen LogP contribution in [0.3, 0.4) is 0 Å². The van der Waals surface area contributed by atoms with Crippen LogP contribution in [0, 0.1) is 0 Å². The van der Waals surface area contributed by atoms with Crippen molar-refractivity contribution in [3.8, 4) is 5.69 Å². The molecule has 4 aromatic heterocycles. The van der Waals surface area contributed by atoms with E-state index in [1.807, 2.05) is 29.8 Å². The molecule has 158 valence electrons. The molecule has 0 aliphatic rings. The van der Waals surface area contributed by atoms with Crippen molar-refractivity contribution in [2.75, 3.05) is 0 Å². The number of benzene rings is 4. The molecule has 0 atom stereocenters. The normalized spacial score (nSPS) is 12.1. The van der Waals surface area contributed by atoms with Gasteiger partial charge in [0.1, 0.15) is 0 Å². The summed E-state index contributed by atoms with van der Waals surface area (Å²) in [7, 11) is 0. The van der Waals surface area contributed by atoms with Crippen molar-refractivity contribution >= 4 is 75.1 Å². The van der Waals surface area contributed by atoms with Crippen LogP contribution in [-0.2, 0) is 0 Å². The van der Waals surface area contributed by atoms with Gasteiger partial charge in [-0.3, -0.25) is 9.97 Å². The lowest BCUT2D eigenvalue weighted by molar-refractivity contribution is 1.17. The number of nitrogens with zero attached hydrogens (tertiary/aromatic N) is 3. The van der Waals surface area contributed by atoms with E-state index in [-0.39, 0.29) is 0 Å². The fraction of sp³-hybridized carbons (Fsp3) is 0. The van der Waals surface area contributed by atoms with Gasteiger partial charge in [0, 0.05) is 43.2 Å². The van der Waals surface area contributed by atoms with Gasteiger partial charge in [-0.25, -0.2) is 0 Å². The zero-order valence-electron chi connectivity index (χ0n) is 18.1. The summed E-state index contributed by atoms with van der Waals surface area (Å²) in [5, 5.41) is 7.36. The number of thiophene rings is 1. The molecule has 0 spiro atoms. The topological polar surface area (TPSA) is 30.7 Å². The first-order chi connectivity index (χ1) is 16.9. The van der Waals surface area contributed by atoms with Crippen LogP contribution >= 0.6 is 11.3 Å². The number of aromatic nitrogens is 3. The first-order valence-corrected chi connectivity index (χ1v) is 12.2. The largest absolute Gasteiger partial charge is 0.306 e. The van der Waals surface area contributed by atoms with E-state index in [1.54, 1.807) is 0 Å². The molecule has 0 radical (unpaired) electrons. The Hall–Kier alpha value is -4.28. The van der Waals surface area contributed by atoms with Crippen LogP contribution in [0.15, 0.2) is 103 Å². The summed E-state index contributed by atoms with van der Waals surface area (Å²) in [6.45, 7) is 0. The quantitative estimate of drug-likeness (QED) is 0.235. The zero-order chi connectivity index (χ0) is 22.2.